The predicted molar refractivity (Wildman–Crippen MR) is 117 cm³/mol. The molecule has 1 fully saturated rings. The Hall–Kier alpha value is -2.39. The molecule has 0 saturated heterocycles. The molecule has 0 atom stereocenters. The van der Waals surface area contributed by atoms with Crippen LogP contribution in [-0.4, -0.2) is 43.6 Å². The van der Waals surface area contributed by atoms with E-state index in [2.05, 4.69) is 20.2 Å². The summed E-state index contributed by atoms with van der Waals surface area (Å²) >= 11 is 0. The van der Waals surface area contributed by atoms with Gasteiger partial charge in [-0.3, -0.25) is 0 Å². The highest BCUT2D eigenvalue weighted by Crippen LogP contribution is 2.27. The Morgan fingerprint density at radius 2 is 1.80 bits per heavy atom. The molecule has 1 heterocycles. The van der Waals surface area contributed by atoms with E-state index in [0.29, 0.717) is 41.7 Å². The molecule has 2 N–H and O–H groups in total. The van der Waals surface area contributed by atoms with E-state index in [1.54, 1.807) is 33.1 Å². The fourth-order valence-corrected chi connectivity index (χ4v) is 4.16. The summed E-state index contributed by atoms with van der Waals surface area (Å²) in [7, 11) is -1.59. The lowest BCUT2D eigenvalue weighted by Crippen LogP contribution is -2.37. The van der Waals surface area contributed by atoms with Crippen LogP contribution in [0.1, 0.15) is 39.5 Å². The summed E-state index contributed by atoms with van der Waals surface area (Å²) in [5.74, 6) is 2.84. The predicted octanol–water partition coefficient (Wildman–Crippen LogP) is 3.58. The Morgan fingerprint density at radius 1 is 1.07 bits per heavy atom. The summed E-state index contributed by atoms with van der Waals surface area (Å²) in [5.41, 5.74) is 0. The minimum Gasteiger partial charge on any atom is -0.497 e. The molecule has 30 heavy (non-hydrogen) atoms. The third kappa shape index (κ3) is 6.30. The molecule has 0 unspecified atom stereocenters. The van der Waals surface area contributed by atoms with Crippen molar-refractivity contribution in [1.29, 1.82) is 0 Å². The first-order valence-electron chi connectivity index (χ1n) is 10.3. The zero-order valence-electron chi connectivity index (χ0n) is 17.7. The molecule has 0 amide bonds. The lowest BCUT2D eigenvalue weighted by Gasteiger charge is -2.29. The lowest BCUT2D eigenvalue weighted by atomic mass is 9.86. The minimum atomic E-state index is -3.19. The summed E-state index contributed by atoms with van der Waals surface area (Å²) < 4.78 is 37.4. The summed E-state index contributed by atoms with van der Waals surface area (Å²) in [4.78, 5) is 0. The van der Waals surface area contributed by atoms with Crippen LogP contribution in [0.3, 0.4) is 0 Å². The number of nitrogens with one attached hydrogen (secondary N) is 2. The Bertz CT molecular complexity index is 911. The van der Waals surface area contributed by atoms with Gasteiger partial charge in [-0.05, 0) is 63.6 Å². The van der Waals surface area contributed by atoms with Gasteiger partial charge >= 0.3 is 0 Å². The van der Waals surface area contributed by atoms with E-state index in [1.165, 1.54) is 0 Å². The fraction of sp³-hybridized carbons (Fsp3) is 0.524. The minimum absolute atomic E-state index is 0.308. The van der Waals surface area contributed by atoms with Gasteiger partial charge in [0.15, 0.2) is 0 Å². The zero-order chi connectivity index (χ0) is 21.6. The van der Waals surface area contributed by atoms with Crippen LogP contribution < -0.4 is 19.5 Å². The number of hydrogen-bond acceptors (Lipinski definition) is 7. The SMILES string of the molecule is COc1cccc(Oc2ccc(N[C@H]3CC[C@H](CNS(=O)(=O)C(C)C)CC3)nn2)c1. The normalized spacial score (nSPS) is 19.5. The number of anilines is 1. The molecule has 8 nitrogen and oxygen atoms in total. The van der Waals surface area contributed by atoms with Gasteiger partial charge in [-0.15, -0.1) is 10.2 Å². The Kier molecular flexibility index (Phi) is 7.49. The molecule has 0 spiro atoms. The van der Waals surface area contributed by atoms with Crippen LogP contribution in [-0.2, 0) is 10.0 Å². The van der Waals surface area contributed by atoms with Gasteiger partial charge in [0.05, 0.1) is 12.4 Å². The summed E-state index contributed by atoms with van der Waals surface area (Å²) in [5, 5.41) is 11.4. The van der Waals surface area contributed by atoms with E-state index in [9.17, 15) is 8.42 Å². The highest BCUT2D eigenvalue weighted by atomic mass is 32.2. The highest BCUT2D eigenvalue weighted by molar-refractivity contribution is 7.90. The van der Waals surface area contributed by atoms with Gasteiger partial charge in [-0.1, -0.05) is 6.07 Å². The summed E-state index contributed by atoms with van der Waals surface area (Å²) in [6.45, 7) is 3.90. The second kappa shape index (κ2) is 10.1. The molecule has 164 valence electrons. The third-order valence-corrected chi connectivity index (χ3v) is 7.11. The molecule has 0 aliphatic heterocycles. The number of rotatable bonds is 9. The molecule has 0 radical (unpaired) electrons. The van der Waals surface area contributed by atoms with Crippen molar-refractivity contribution in [2.45, 2.75) is 50.8 Å². The number of benzene rings is 1. The highest BCUT2D eigenvalue weighted by Gasteiger charge is 2.24. The molecule has 9 heteroatoms. The molecule has 1 saturated carbocycles. The topological polar surface area (TPSA) is 102 Å². The van der Waals surface area contributed by atoms with E-state index in [4.69, 9.17) is 9.47 Å². The number of methoxy groups -OCH3 is 1. The molecular formula is C21H30N4O4S. The molecule has 1 aliphatic carbocycles. The lowest BCUT2D eigenvalue weighted by molar-refractivity contribution is 0.336. The third-order valence-electron chi connectivity index (χ3n) is 5.30. The van der Waals surface area contributed by atoms with Crippen LogP contribution in [0.25, 0.3) is 0 Å². The number of hydrogen-bond donors (Lipinski definition) is 2. The maximum Gasteiger partial charge on any atom is 0.238 e. The summed E-state index contributed by atoms with van der Waals surface area (Å²) in [6, 6.07) is 11.2. The monoisotopic (exact) mass is 434 g/mol. The maximum absolute atomic E-state index is 11.9. The van der Waals surface area contributed by atoms with Crippen molar-refractivity contribution < 1.29 is 17.9 Å². The van der Waals surface area contributed by atoms with E-state index < -0.39 is 15.3 Å². The van der Waals surface area contributed by atoms with E-state index in [1.807, 2.05) is 24.3 Å². The van der Waals surface area contributed by atoms with Gasteiger partial charge in [-0.2, -0.15) is 0 Å². The standard InChI is InChI=1S/C21H30N4O4S/c1-15(2)30(26,27)22-14-16-7-9-17(10-8-16)23-20-11-12-21(25-24-20)29-19-6-4-5-18(13-19)28-3/h4-6,11-13,15-17,22H,7-10,14H2,1-3H3,(H,23,24)/t16-,17-. The molecule has 1 aromatic carbocycles. The van der Waals surface area contributed by atoms with Gasteiger partial charge < -0.3 is 14.8 Å². The molecule has 1 aromatic heterocycles. The number of aromatic nitrogens is 2. The van der Waals surface area contributed by atoms with Crippen LogP contribution in [0.2, 0.25) is 0 Å². The quantitative estimate of drug-likeness (QED) is 0.622. The second-order valence-electron chi connectivity index (χ2n) is 7.84. The van der Waals surface area contributed by atoms with Crippen LogP contribution in [0.15, 0.2) is 36.4 Å². The number of nitrogens with zero attached hydrogens (tertiary/aromatic N) is 2. The number of sulfonamides is 1. The molecule has 1 aliphatic rings. The fourth-order valence-electron chi connectivity index (χ4n) is 3.36. The Morgan fingerprint density at radius 3 is 2.43 bits per heavy atom. The van der Waals surface area contributed by atoms with Crippen molar-refractivity contribution in [2.24, 2.45) is 5.92 Å². The van der Waals surface area contributed by atoms with Crippen LogP contribution >= 0.6 is 0 Å². The van der Waals surface area contributed by atoms with Crippen molar-refractivity contribution in [3.63, 3.8) is 0 Å². The van der Waals surface area contributed by atoms with Gasteiger partial charge in [0.2, 0.25) is 15.9 Å². The van der Waals surface area contributed by atoms with Crippen molar-refractivity contribution in [2.75, 3.05) is 19.0 Å². The average molecular weight is 435 g/mol. The van der Waals surface area contributed by atoms with Crippen molar-refractivity contribution in [1.82, 2.24) is 14.9 Å². The van der Waals surface area contributed by atoms with E-state index in [-0.39, 0.29) is 0 Å². The van der Waals surface area contributed by atoms with Crippen LogP contribution in [0.5, 0.6) is 17.4 Å². The molecule has 0 bridgehead atoms. The van der Waals surface area contributed by atoms with E-state index >= 15 is 0 Å². The molecule has 3 rings (SSSR count). The smallest absolute Gasteiger partial charge is 0.238 e. The maximum atomic E-state index is 11.9. The van der Waals surface area contributed by atoms with E-state index in [0.717, 1.165) is 25.7 Å². The van der Waals surface area contributed by atoms with Gasteiger partial charge in [0.25, 0.3) is 0 Å². The first kappa shape index (κ1) is 22.3. The van der Waals surface area contributed by atoms with Crippen molar-refractivity contribution >= 4 is 15.8 Å². The summed E-state index contributed by atoms with van der Waals surface area (Å²) in [6.07, 6.45) is 3.89. The van der Waals surface area contributed by atoms with Gasteiger partial charge in [0, 0.05) is 24.7 Å². The second-order valence-corrected chi connectivity index (χ2v) is 10.2. The van der Waals surface area contributed by atoms with Gasteiger partial charge in [0.1, 0.15) is 17.3 Å². The van der Waals surface area contributed by atoms with Gasteiger partial charge in [-0.25, -0.2) is 13.1 Å². The van der Waals surface area contributed by atoms with Crippen molar-refractivity contribution in [3.05, 3.63) is 36.4 Å². The zero-order valence-corrected chi connectivity index (χ0v) is 18.5. The largest absolute Gasteiger partial charge is 0.497 e. The molecule has 2 aromatic rings. The number of ether oxygens (including phenoxy) is 2. The van der Waals surface area contributed by atoms with Crippen LogP contribution in [0.4, 0.5) is 5.82 Å². The first-order chi connectivity index (χ1) is 14.4. The Balaban J connectivity index is 1.45. The average Bonchev–Trinajstić information content (AvgIpc) is 2.75. The molecular weight excluding hydrogens is 404 g/mol. The first-order valence-corrected chi connectivity index (χ1v) is 11.8. The Labute approximate surface area is 178 Å². The van der Waals surface area contributed by atoms with Crippen molar-refractivity contribution in [3.8, 4) is 17.4 Å². The van der Waals surface area contributed by atoms with Crippen LogP contribution in [0, 0.1) is 5.92 Å².